The van der Waals surface area contributed by atoms with E-state index in [4.69, 9.17) is 4.74 Å². The van der Waals surface area contributed by atoms with E-state index in [0.29, 0.717) is 6.10 Å². The van der Waals surface area contributed by atoms with Crippen LogP contribution in [0.15, 0.2) is 0 Å². The van der Waals surface area contributed by atoms with Crippen molar-refractivity contribution in [2.45, 2.75) is 20.0 Å². The average Bonchev–Trinajstić information content (AvgIpc) is 2.04. The highest BCUT2D eigenvalue weighted by Crippen LogP contribution is 2.06. The van der Waals surface area contributed by atoms with E-state index in [1.54, 1.807) is 0 Å². The van der Waals surface area contributed by atoms with Crippen molar-refractivity contribution in [3.05, 3.63) is 0 Å². The van der Waals surface area contributed by atoms with E-state index in [1.807, 2.05) is 6.92 Å². The Kier molecular flexibility index (Phi) is 3.69. The van der Waals surface area contributed by atoms with Crippen molar-refractivity contribution < 1.29 is 9.53 Å². The highest BCUT2D eigenvalue weighted by atomic mass is 16.5. The summed E-state index contributed by atoms with van der Waals surface area (Å²) in [4.78, 5) is 12.7. The summed E-state index contributed by atoms with van der Waals surface area (Å²) < 4.78 is 5.39. The molecule has 0 aromatic carbocycles. The van der Waals surface area contributed by atoms with Gasteiger partial charge in [-0.25, -0.2) is 0 Å². The zero-order valence-electron chi connectivity index (χ0n) is 7.82. The van der Waals surface area contributed by atoms with Crippen molar-refractivity contribution in [1.82, 2.24) is 4.90 Å². The van der Waals surface area contributed by atoms with Crippen LogP contribution in [0, 0.1) is 5.92 Å². The molecule has 1 aliphatic rings. The molecule has 3 nitrogen and oxygen atoms in total. The molecule has 12 heavy (non-hydrogen) atoms. The quantitative estimate of drug-likeness (QED) is 0.580. The van der Waals surface area contributed by atoms with E-state index in [9.17, 15) is 4.79 Å². The van der Waals surface area contributed by atoms with Gasteiger partial charge in [-0.05, 0) is 6.92 Å². The fourth-order valence-electron chi connectivity index (χ4n) is 1.51. The molecule has 0 radical (unpaired) electrons. The fourth-order valence-corrected chi connectivity index (χ4v) is 1.51. The first-order valence-electron chi connectivity index (χ1n) is 4.51. The summed E-state index contributed by atoms with van der Waals surface area (Å²) in [5.41, 5.74) is 0. The second-order valence-corrected chi connectivity index (χ2v) is 3.55. The van der Waals surface area contributed by atoms with E-state index >= 15 is 0 Å². The van der Waals surface area contributed by atoms with Gasteiger partial charge in [0.15, 0.2) is 0 Å². The van der Waals surface area contributed by atoms with Gasteiger partial charge in [-0.15, -0.1) is 0 Å². The number of nitrogens with zero attached hydrogens (tertiary/aromatic N) is 1. The molecule has 0 aromatic heterocycles. The smallest absolute Gasteiger partial charge is 0.124 e. The van der Waals surface area contributed by atoms with Crippen LogP contribution in [-0.4, -0.2) is 43.5 Å². The molecule has 3 heteroatoms. The summed E-state index contributed by atoms with van der Waals surface area (Å²) in [5.74, 6) is 0.148. The molecule has 1 rings (SSSR count). The van der Waals surface area contributed by atoms with Crippen molar-refractivity contribution >= 4 is 6.29 Å². The third-order valence-corrected chi connectivity index (χ3v) is 2.10. The summed E-state index contributed by atoms with van der Waals surface area (Å²) in [7, 11) is 0. The molecule has 0 N–H and O–H groups in total. The number of carbonyl (C=O) groups is 1. The van der Waals surface area contributed by atoms with Gasteiger partial charge < -0.3 is 9.53 Å². The predicted molar refractivity (Wildman–Crippen MR) is 47.1 cm³/mol. The van der Waals surface area contributed by atoms with Gasteiger partial charge in [-0.3, -0.25) is 4.90 Å². The van der Waals surface area contributed by atoms with Crippen molar-refractivity contribution in [1.29, 1.82) is 0 Å². The molecule has 0 aromatic rings. The van der Waals surface area contributed by atoms with E-state index in [1.165, 1.54) is 0 Å². The maximum atomic E-state index is 10.4. The number of morpholine rings is 1. The molecular weight excluding hydrogens is 154 g/mol. The minimum absolute atomic E-state index is 0.148. The molecule has 70 valence electrons. The highest BCUT2D eigenvalue weighted by Gasteiger charge is 2.17. The fraction of sp³-hybridized carbons (Fsp3) is 0.889. The number of carbonyl (C=O) groups excluding carboxylic acids is 1. The third kappa shape index (κ3) is 2.91. The molecule has 0 bridgehead atoms. The van der Waals surface area contributed by atoms with E-state index in [0.717, 1.165) is 32.5 Å². The first-order chi connectivity index (χ1) is 5.72. The van der Waals surface area contributed by atoms with Gasteiger partial charge in [0.05, 0.1) is 12.7 Å². The van der Waals surface area contributed by atoms with Crippen LogP contribution in [0.4, 0.5) is 0 Å². The summed E-state index contributed by atoms with van der Waals surface area (Å²) in [6.07, 6.45) is 1.33. The molecule has 1 saturated heterocycles. The van der Waals surface area contributed by atoms with E-state index in [2.05, 4.69) is 11.8 Å². The first kappa shape index (κ1) is 9.68. The molecular formula is C9H17NO2. The van der Waals surface area contributed by atoms with Gasteiger partial charge in [0, 0.05) is 25.6 Å². The molecule has 2 atom stereocenters. The van der Waals surface area contributed by atoms with Crippen LogP contribution in [0.3, 0.4) is 0 Å². The van der Waals surface area contributed by atoms with Crippen molar-refractivity contribution in [3.63, 3.8) is 0 Å². The molecule has 1 aliphatic heterocycles. The summed E-state index contributed by atoms with van der Waals surface area (Å²) >= 11 is 0. The Hall–Kier alpha value is -0.410. The van der Waals surface area contributed by atoms with Crippen LogP contribution in [0.2, 0.25) is 0 Å². The zero-order valence-corrected chi connectivity index (χ0v) is 7.82. The Balaban J connectivity index is 2.26. The SMILES string of the molecule is CC(C=O)CN1CCOC(C)C1. The molecule has 0 spiro atoms. The van der Waals surface area contributed by atoms with Crippen LogP contribution in [0.25, 0.3) is 0 Å². The Bertz CT molecular complexity index is 149. The average molecular weight is 171 g/mol. The Morgan fingerprint density at radius 1 is 1.75 bits per heavy atom. The molecule has 0 amide bonds. The second kappa shape index (κ2) is 4.58. The number of hydrogen-bond donors (Lipinski definition) is 0. The van der Waals surface area contributed by atoms with Gasteiger partial charge >= 0.3 is 0 Å². The Morgan fingerprint density at radius 2 is 2.50 bits per heavy atom. The number of hydrogen-bond acceptors (Lipinski definition) is 3. The number of rotatable bonds is 3. The molecule has 1 fully saturated rings. The second-order valence-electron chi connectivity index (χ2n) is 3.55. The summed E-state index contributed by atoms with van der Waals surface area (Å²) in [6, 6.07) is 0. The Labute approximate surface area is 73.7 Å². The normalized spacial score (nSPS) is 28.3. The topological polar surface area (TPSA) is 29.5 Å². The maximum absolute atomic E-state index is 10.4. The Morgan fingerprint density at radius 3 is 3.08 bits per heavy atom. The van der Waals surface area contributed by atoms with Crippen molar-refractivity contribution in [2.75, 3.05) is 26.2 Å². The largest absolute Gasteiger partial charge is 0.376 e. The first-order valence-corrected chi connectivity index (χ1v) is 4.51. The highest BCUT2D eigenvalue weighted by molar-refractivity contribution is 5.52. The van der Waals surface area contributed by atoms with Crippen LogP contribution >= 0.6 is 0 Å². The van der Waals surface area contributed by atoms with Gasteiger partial charge in [0.25, 0.3) is 0 Å². The summed E-state index contributed by atoms with van der Waals surface area (Å²) in [6.45, 7) is 7.61. The van der Waals surface area contributed by atoms with Gasteiger partial charge in [0.1, 0.15) is 6.29 Å². The molecule has 1 heterocycles. The van der Waals surface area contributed by atoms with E-state index < -0.39 is 0 Å². The lowest BCUT2D eigenvalue weighted by molar-refractivity contribution is -0.111. The lowest BCUT2D eigenvalue weighted by atomic mass is 10.2. The minimum atomic E-state index is 0.148. The minimum Gasteiger partial charge on any atom is -0.376 e. The lowest BCUT2D eigenvalue weighted by Crippen LogP contribution is -2.43. The van der Waals surface area contributed by atoms with E-state index in [-0.39, 0.29) is 5.92 Å². The molecule has 0 saturated carbocycles. The van der Waals surface area contributed by atoms with Crippen molar-refractivity contribution in [3.8, 4) is 0 Å². The number of aldehydes is 1. The molecule has 2 unspecified atom stereocenters. The monoisotopic (exact) mass is 171 g/mol. The van der Waals surface area contributed by atoms with Crippen LogP contribution in [0.1, 0.15) is 13.8 Å². The predicted octanol–water partition coefficient (Wildman–Crippen LogP) is 0.542. The molecule has 0 aliphatic carbocycles. The van der Waals surface area contributed by atoms with Crippen LogP contribution < -0.4 is 0 Å². The standard InChI is InChI=1S/C9H17NO2/c1-8(7-11)5-10-3-4-12-9(2)6-10/h7-9H,3-6H2,1-2H3. The van der Waals surface area contributed by atoms with Gasteiger partial charge in [0.2, 0.25) is 0 Å². The maximum Gasteiger partial charge on any atom is 0.124 e. The van der Waals surface area contributed by atoms with Crippen molar-refractivity contribution in [2.24, 2.45) is 5.92 Å². The van der Waals surface area contributed by atoms with Crippen LogP contribution in [0.5, 0.6) is 0 Å². The lowest BCUT2D eigenvalue weighted by Gasteiger charge is -2.31. The third-order valence-electron chi connectivity index (χ3n) is 2.10. The summed E-state index contributed by atoms with van der Waals surface area (Å²) in [5, 5.41) is 0. The number of ether oxygens (including phenoxy) is 1. The van der Waals surface area contributed by atoms with Gasteiger partial charge in [-0.1, -0.05) is 6.92 Å². The van der Waals surface area contributed by atoms with Crippen LogP contribution in [-0.2, 0) is 9.53 Å². The zero-order chi connectivity index (χ0) is 8.97. The van der Waals surface area contributed by atoms with Gasteiger partial charge in [-0.2, -0.15) is 0 Å².